The summed E-state index contributed by atoms with van der Waals surface area (Å²) in [6, 6.07) is 46.8. The van der Waals surface area contributed by atoms with Gasteiger partial charge in [0, 0.05) is 45.5 Å². The summed E-state index contributed by atoms with van der Waals surface area (Å²) < 4.78 is 0. The van der Waals surface area contributed by atoms with Crippen molar-refractivity contribution in [3.05, 3.63) is 162 Å². The Morgan fingerprint density at radius 3 is 1.30 bits per heavy atom. The monoisotopic (exact) mass is 604 g/mol. The molecule has 6 aromatic rings. The van der Waals surface area contributed by atoms with Gasteiger partial charge < -0.3 is 33.3 Å². The number of benzene rings is 6. The van der Waals surface area contributed by atoms with Gasteiger partial charge in [0.25, 0.3) is 0 Å². The second kappa shape index (κ2) is 14.0. The van der Waals surface area contributed by atoms with E-state index in [1.807, 2.05) is 60.7 Å². The Morgan fingerprint density at radius 1 is 0.435 bits per heavy atom. The fourth-order valence-electron chi connectivity index (χ4n) is 5.15. The molecule has 0 saturated heterocycles. The fourth-order valence-corrected chi connectivity index (χ4v) is 5.15. The average Bonchev–Trinajstić information content (AvgIpc) is 3.07. The van der Waals surface area contributed by atoms with Crippen molar-refractivity contribution >= 4 is 51.2 Å². The van der Waals surface area contributed by atoms with Crippen LogP contribution in [0.2, 0.25) is 0 Å². The summed E-state index contributed by atoms with van der Waals surface area (Å²) in [5.41, 5.74) is 25.2. The first kappa shape index (κ1) is 29.8. The molecule has 0 aliphatic rings. The normalized spacial score (nSPS) is 11.0. The number of hydrogen-bond donors (Lipinski definition) is 6. The van der Waals surface area contributed by atoms with Gasteiger partial charge in [0.2, 0.25) is 0 Å². The van der Waals surface area contributed by atoms with Gasteiger partial charge in [-0.25, -0.2) is 0 Å². The molecular formula is C38H36N8. The third-order valence-corrected chi connectivity index (χ3v) is 7.62. The van der Waals surface area contributed by atoms with Crippen molar-refractivity contribution in [1.82, 2.24) is 0 Å². The lowest BCUT2D eigenvalue weighted by atomic mass is 10.0. The van der Waals surface area contributed by atoms with Crippen molar-refractivity contribution < 1.29 is 0 Å². The van der Waals surface area contributed by atoms with E-state index >= 15 is 0 Å². The van der Waals surface area contributed by atoms with Gasteiger partial charge in [-0.1, -0.05) is 41.6 Å². The van der Waals surface area contributed by atoms with Crippen LogP contribution in [0.1, 0.15) is 22.3 Å². The summed E-state index contributed by atoms with van der Waals surface area (Å²) in [5.74, 6) is 5.12. The topological polar surface area (TPSA) is 139 Å². The summed E-state index contributed by atoms with van der Waals surface area (Å²) >= 11 is 0. The Kier molecular flexibility index (Phi) is 9.07. The summed E-state index contributed by atoms with van der Waals surface area (Å²) in [5, 5.41) is 17.5. The van der Waals surface area contributed by atoms with Gasteiger partial charge in [0.1, 0.15) is 0 Å². The van der Waals surface area contributed by atoms with Crippen LogP contribution in [0.5, 0.6) is 0 Å². The molecule has 0 fully saturated rings. The summed E-state index contributed by atoms with van der Waals surface area (Å²) in [6.45, 7) is 0. The van der Waals surface area contributed by atoms with Crippen LogP contribution >= 0.6 is 0 Å². The van der Waals surface area contributed by atoms with Crippen LogP contribution in [0.25, 0.3) is 0 Å². The summed E-state index contributed by atoms with van der Waals surface area (Å²) in [6.07, 6.45) is 1.59. The van der Waals surface area contributed by atoms with E-state index in [-0.39, 0.29) is 0 Å². The number of nitrogens with two attached hydrogens (primary N) is 3. The van der Waals surface area contributed by atoms with E-state index in [9.17, 15) is 0 Å². The molecule has 228 valence electrons. The van der Waals surface area contributed by atoms with Gasteiger partial charge in [0.05, 0.1) is 5.69 Å². The smallest absolute Gasteiger partial charge is 0.0875 e. The van der Waals surface area contributed by atoms with E-state index < -0.39 is 0 Å². The zero-order valence-electron chi connectivity index (χ0n) is 25.3. The average molecular weight is 605 g/mol. The Labute approximate surface area is 269 Å². The maximum Gasteiger partial charge on any atom is 0.0875 e. The van der Waals surface area contributed by atoms with Crippen molar-refractivity contribution in [2.24, 2.45) is 16.2 Å². The van der Waals surface area contributed by atoms with Gasteiger partial charge in [0.15, 0.2) is 0 Å². The van der Waals surface area contributed by atoms with Crippen LogP contribution in [-0.4, -0.2) is 0 Å². The number of rotatable bonds is 11. The Bertz CT molecular complexity index is 1900. The second-order valence-electron chi connectivity index (χ2n) is 11.1. The largest absolute Gasteiger partial charge is 0.399 e. The van der Waals surface area contributed by atoms with Gasteiger partial charge in [-0.15, -0.1) is 5.11 Å². The Morgan fingerprint density at radius 2 is 0.826 bits per heavy atom. The molecule has 0 spiro atoms. The number of anilines is 8. The number of hydrogen-bond acceptors (Lipinski definition) is 7. The molecule has 0 aliphatic heterocycles. The van der Waals surface area contributed by atoms with Crippen molar-refractivity contribution in [3.63, 3.8) is 0 Å². The van der Waals surface area contributed by atoms with Crippen molar-refractivity contribution in [3.8, 4) is 0 Å². The van der Waals surface area contributed by atoms with Gasteiger partial charge >= 0.3 is 0 Å². The summed E-state index contributed by atoms with van der Waals surface area (Å²) in [4.78, 5) is 0. The molecule has 0 aromatic heterocycles. The molecular weight excluding hydrogens is 568 g/mol. The minimum atomic E-state index is 0.705. The highest BCUT2D eigenvalue weighted by atomic mass is 15.3. The third kappa shape index (κ3) is 8.00. The van der Waals surface area contributed by atoms with Crippen LogP contribution in [0.3, 0.4) is 0 Å². The van der Waals surface area contributed by atoms with E-state index in [2.05, 4.69) is 105 Å². The van der Waals surface area contributed by atoms with E-state index in [1.54, 1.807) is 0 Å². The molecule has 0 unspecified atom stereocenters. The highest BCUT2D eigenvalue weighted by Gasteiger charge is 2.06. The molecule has 9 N–H and O–H groups in total. The zero-order valence-corrected chi connectivity index (χ0v) is 25.3. The fraction of sp³-hybridized carbons (Fsp3) is 0.0526. The van der Waals surface area contributed by atoms with Gasteiger partial charge in [-0.3, -0.25) is 0 Å². The molecule has 0 aliphatic carbocycles. The number of nitrogen functional groups attached to an aromatic ring is 2. The second-order valence-corrected chi connectivity index (χ2v) is 11.1. The molecule has 8 heteroatoms. The minimum absolute atomic E-state index is 0.705. The first-order valence-electron chi connectivity index (χ1n) is 15.0. The third-order valence-electron chi connectivity index (χ3n) is 7.62. The molecule has 0 bridgehead atoms. The maximum atomic E-state index is 6.37. The van der Waals surface area contributed by atoms with Crippen molar-refractivity contribution in [2.75, 3.05) is 27.4 Å². The van der Waals surface area contributed by atoms with E-state index in [0.29, 0.717) is 5.69 Å². The lowest BCUT2D eigenvalue weighted by Gasteiger charge is -2.13. The van der Waals surface area contributed by atoms with E-state index in [1.165, 1.54) is 16.7 Å². The van der Waals surface area contributed by atoms with Crippen molar-refractivity contribution in [1.29, 1.82) is 0 Å². The Balaban J connectivity index is 1.03. The molecule has 8 nitrogen and oxygen atoms in total. The van der Waals surface area contributed by atoms with E-state index in [4.69, 9.17) is 17.3 Å². The molecule has 6 rings (SSSR count). The van der Waals surface area contributed by atoms with Crippen LogP contribution in [0.15, 0.2) is 150 Å². The molecule has 46 heavy (non-hydrogen) atoms. The highest BCUT2D eigenvalue weighted by molar-refractivity contribution is 5.66. The number of nitrogens with zero attached hydrogens (tertiary/aromatic N) is 2. The Hall–Kier alpha value is -6.28. The molecule has 0 saturated carbocycles. The van der Waals surface area contributed by atoms with Crippen LogP contribution in [0.4, 0.5) is 51.2 Å². The van der Waals surface area contributed by atoms with Gasteiger partial charge in [-0.05, 0) is 138 Å². The summed E-state index contributed by atoms with van der Waals surface area (Å²) in [7, 11) is 0. The van der Waals surface area contributed by atoms with Crippen LogP contribution in [0, 0.1) is 0 Å². The SMILES string of the molecule is NN=Nc1ccc(Nc2ccc(Cc3cc(Nc4ccc(Cc5ccc(Nc6ccc(N)cc6)cc5)cc4)ccc3N)cc2)cc1. The van der Waals surface area contributed by atoms with Crippen LogP contribution in [-0.2, 0) is 12.8 Å². The van der Waals surface area contributed by atoms with Gasteiger partial charge in [-0.2, -0.15) is 0 Å². The van der Waals surface area contributed by atoms with Crippen molar-refractivity contribution in [2.45, 2.75) is 12.8 Å². The molecule has 0 amide bonds. The lowest BCUT2D eigenvalue weighted by Crippen LogP contribution is -1.99. The molecule has 0 atom stereocenters. The molecule has 6 aromatic carbocycles. The molecule has 0 heterocycles. The minimum Gasteiger partial charge on any atom is -0.399 e. The highest BCUT2D eigenvalue weighted by Crippen LogP contribution is 2.27. The van der Waals surface area contributed by atoms with E-state index in [0.717, 1.165) is 63.9 Å². The first-order chi connectivity index (χ1) is 22.5. The zero-order chi connectivity index (χ0) is 31.7. The quantitative estimate of drug-likeness (QED) is 0.0377. The first-order valence-corrected chi connectivity index (χ1v) is 15.0. The predicted molar refractivity (Wildman–Crippen MR) is 192 cm³/mol. The predicted octanol–water partition coefficient (Wildman–Crippen LogP) is 9.22. The lowest BCUT2D eigenvalue weighted by molar-refractivity contribution is 1.06. The standard InChI is InChI=1S/C38H36N8/c39-30-7-15-34(16-8-30)42-31-9-1-26(2-10-31)23-27-3-11-33(12-4-27)44-37-21-22-38(40)29(25-37)24-28-5-13-32(14-6-28)43-35-17-19-36(20-18-35)45-46-41/h1-22,25,42-44H,23-24,39-40H2,(H2,41,45). The van der Waals surface area contributed by atoms with Crippen LogP contribution < -0.4 is 33.3 Å². The maximum absolute atomic E-state index is 6.37. The number of nitrogens with one attached hydrogen (secondary N) is 3. The molecule has 0 radical (unpaired) electrons.